The van der Waals surface area contributed by atoms with Crippen LogP contribution in [0.4, 0.5) is 0 Å². The lowest BCUT2D eigenvalue weighted by molar-refractivity contribution is -0.121. The highest BCUT2D eigenvalue weighted by atomic mass is 16.5. The van der Waals surface area contributed by atoms with E-state index in [0.717, 1.165) is 71.7 Å². The van der Waals surface area contributed by atoms with Crippen LogP contribution in [-0.2, 0) is 9.53 Å². The Bertz CT molecular complexity index is 378. The van der Waals surface area contributed by atoms with E-state index in [0.29, 0.717) is 12.5 Å². The number of ether oxygens (including phenoxy) is 1. The van der Waals surface area contributed by atoms with E-state index in [9.17, 15) is 4.79 Å². The largest absolute Gasteiger partial charge is 0.378 e. The summed E-state index contributed by atoms with van der Waals surface area (Å²) >= 11 is 0. The molecule has 0 aromatic carbocycles. The summed E-state index contributed by atoms with van der Waals surface area (Å²) in [7, 11) is 2.19. The van der Waals surface area contributed by atoms with Crippen LogP contribution in [0.2, 0.25) is 0 Å². The Balaban J connectivity index is 1.43. The SMILES string of the molecule is CCCC(=O)NCCCN1CCN(CCCOC2CCN(C)CC2)CC1. The maximum Gasteiger partial charge on any atom is 0.219 e. The lowest BCUT2D eigenvalue weighted by Gasteiger charge is -2.35. The lowest BCUT2D eigenvalue weighted by Crippen LogP contribution is -2.47. The molecule has 0 atom stereocenters. The van der Waals surface area contributed by atoms with Gasteiger partial charge >= 0.3 is 0 Å². The third-order valence-electron chi connectivity index (χ3n) is 5.55. The predicted molar refractivity (Wildman–Crippen MR) is 107 cm³/mol. The Morgan fingerprint density at radius 3 is 2.23 bits per heavy atom. The predicted octanol–water partition coefficient (Wildman–Crippen LogP) is 1.41. The van der Waals surface area contributed by atoms with Crippen LogP contribution in [0.3, 0.4) is 0 Å². The Hall–Kier alpha value is -0.690. The Kier molecular flexibility index (Phi) is 10.5. The molecule has 26 heavy (non-hydrogen) atoms. The number of nitrogens with zero attached hydrogens (tertiary/aromatic N) is 3. The zero-order chi connectivity index (χ0) is 18.6. The summed E-state index contributed by atoms with van der Waals surface area (Å²) in [5, 5.41) is 3.00. The summed E-state index contributed by atoms with van der Waals surface area (Å²) in [6.07, 6.45) is 6.65. The van der Waals surface area contributed by atoms with Crippen molar-refractivity contribution < 1.29 is 9.53 Å². The van der Waals surface area contributed by atoms with Crippen molar-refractivity contribution in [3.63, 3.8) is 0 Å². The molecule has 0 bridgehead atoms. The number of piperazine rings is 1. The molecule has 2 heterocycles. The van der Waals surface area contributed by atoms with Crippen LogP contribution in [0.5, 0.6) is 0 Å². The molecule has 152 valence electrons. The highest BCUT2D eigenvalue weighted by Crippen LogP contribution is 2.12. The van der Waals surface area contributed by atoms with Crippen LogP contribution in [0, 0.1) is 0 Å². The van der Waals surface area contributed by atoms with Gasteiger partial charge in [0.25, 0.3) is 0 Å². The number of carbonyl (C=O) groups excluding carboxylic acids is 1. The summed E-state index contributed by atoms with van der Waals surface area (Å²) in [6, 6.07) is 0. The van der Waals surface area contributed by atoms with Gasteiger partial charge in [0, 0.05) is 65.4 Å². The van der Waals surface area contributed by atoms with Crippen molar-refractivity contribution in [2.75, 3.05) is 72.6 Å². The minimum atomic E-state index is 0.194. The Morgan fingerprint density at radius 1 is 1.00 bits per heavy atom. The van der Waals surface area contributed by atoms with Crippen molar-refractivity contribution in [2.45, 2.75) is 51.6 Å². The van der Waals surface area contributed by atoms with Crippen molar-refractivity contribution in [3.05, 3.63) is 0 Å². The number of nitrogens with one attached hydrogen (secondary N) is 1. The van der Waals surface area contributed by atoms with Crippen molar-refractivity contribution in [3.8, 4) is 0 Å². The van der Waals surface area contributed by atoms with E-state index in [1.54, 1.807) is 0 Å². The van der Waals surface area contributed by atoms with Gasteiger partial charge in [0.05, 0.1) is 6.10 Å². The average Bonchev–Trinajstić information content (AvgIpc) is 2.65. The molecule has 1 amide bonds. The summed E-state index contributed by atoms with van der Waals surface area (Å²) in [6.45, 7) is 13.0. The van der Waals surface area contributed by atoms with Crippen LogP contribution in [-0.4, -0.2) is 99.3 Å². The van der Waals surface area contributed by atoms with Gasteiger partial charge in [-0.15, -0.1) is 0 Å². The maximum absolute atomic E-state index is 11.4. The van der Waals surface area contributed by atoms with E-state index in [1.807, 2.05) is 6.92 Å². The van der Waals surface area contributed by atoms with Gasteiger partial charge in [-0.1, -0.05) is 6.92 Å². The molecule has 0 aromatic heterocycles. The van der Waals surface area contributed by atoms with Gasteiger partial charge in [-0.2, -0.15) is 0 Å². The van der Waals surface area contributed by atoms with E-state index >= 15 is 0 Å². The molecule has 0 aromatic rings. The minimum Gasteiger partial charge on any atom is -0.378 e. The summed E-state index contributed by atoms with van der Waals surface area (Å²) in [4.78, 5) is 18.9. The van der Waals surface area contributed by atoms with Gasteiger partial charge in [-0.25, -0.2) is 0 Å². The van der Waals surface area contributed by atoms with Crippen LogP contribution >= 0.6 is 0 Å². The van der Waals surface area contributed by atoms with E-state index < -0.39 is 0 Å². The first-order valence-electron chi connectivity index (χ1n) is 10.7. The van der Waals surface area contributed by atoms with Crippen LogP contribution in [0.1, 0.15) is 45.4 Å². The third-order valence-corrected chi connectivity index (χ3v) is 5.55. The van der Waals surface area contributed by atoms with Crippen molar-refractivity contribution >= 4 is 5.91 Å². The van der Waals surface area contributed by atoms with E-state index in [-0.39, 0.29) is 5.91 Å². The fourth-order valence-electron chi connectivity index (χ4n) is 3.77. The smallest absolute Gasteiger partial charge is 0.219 e. The van der Waals surface area contributed by atoms with Gasteiger partial charge in [0.1, 0.15) is 0 Å². The topological polar surface area (TPSA) is 48.1 Å². The first-order valence-corrected chi connectivity index (χ1v) is 10.7. The third kappa shape index (κ3) is 8.80. The second kappa shape index (κ2) is 12.7. The van der Waals surface area contributed by atoms with Crippen LogP contribution in [0.25, 0.3) is 0 Å². The normalized spacial score (nSPS) is 21.2. The second-order valence-corrected chi connectivity index (χ2v) is 7.86. The Morgan fingerprint density at radius 2 is 1.62 bits per heavy atom. The molecule has 2 saturated heterocycles. The zero-order valence-corrected chi connectivity index (χ0v) is 17.0. The minimum absolute atomic E-state index is 0.194. The molecule has 1 N–H and O–H groups in total. The van der Waals surface area contributed by atoms with Crippen molar-refractivity contribution in [1.29, 1.82) is 0 Å². The summed E-state index contributed by atoms with van der Waals surface area (Å²) < 4.78 is 6.05. The highest BCUT2D eigenvalue weighted by molar-refractivity contribution is 5.75. The first kappa shape index (κ1) is 21.6. The molecule has 0 unspecified atom stereocenters. The van der Waals surface area contributed by atoms with E-state index in [4.69, 9.17) is 4.74 Å². The monoisotopic (exact) mass is 368 g/mol. The van der Waals surface area contributed by atoms with Gasteiger partial charge in [-0.05, 0) is 45.7 Å². The van der Waals surface area contributed by atoms with Gasteiger partial charge in [0.2, 0.25) is 5.91 Å². The Labute approximate surface area is 160 Å². The molecule has 0 saturated carbocycles. The zero-order valence-electron chi connectivity index (χ0n) is 17.0. The van der Waals surface area contributed by atoms with E-state index in [1.165, 1.54) is 25.9 Å². The number of hydrogen-bond acceptors (Lipinski definition) is 5. The van der Waals surface area contributed by atoms with Crippen LogP contribution in [0.15, 0.2) is 0 Å². The molecule has 2 aliphatic rings. The fraction of sp³-hybridized carbons (Fsp3) is 0.950. The maximum atomic E-state index is 11.4. The number of piperidine rings is 1. The van der Waals surface area contributed by atoms with Crippen molar-refractivity contribution in [2.24, 2.45) is 0 Å². The standard InChI is InChI=1S/C20H40N4O2/c1-3-6-20(25)21-9-4-10-23-14-16-24(17-15-23)11-5-18-26-19-7-12-22(2)13-8-19/h19H,3-18H2,1-2H3,(H,21,25). The number of amides is 1. The molecule has 0 radical (unpaired) electrons. The fourth-order valence-corrected chi connectivity index (χ4v) is 3.77. The lowest BCUT2D eigenvalue weighted by atomic mass is 10.1. The first-order chi connectivity index (χ1) is 12.7. The molecule has 2 fully saturated rings. The molecular weight excluding hydrogens is 328 g/mol. The van der Waals surface area contributed by atoms with E-state index in [2.05, 4.69) is 27.1 Å². The summed E-state index contributed by atoms with van der Waals surface area (Å²) in [5.41, 5.74) is 0. The average molecular weight is 369 g/mol. The molecule has 2 aliphatic heterocycles. The molecule has 6 nitrogen and oxygen atoms in total. The van der Waals surface area contributed by atoms with Gasteiger partial charge in [-0.3, -0.25) is 4.79 Å². The number of rotatable bonds is 11. The number of carbonyl (C=O) groups is 1. The highest BCUT2D eigenvalue weighted by Gasteiger charge is 2.18. The second-order valence-electron chi connectivity index (χ2n) is 7.86. The molecule has 6 heteroatoms. The quantitative estimate of drug-likeness (QED) is 0.559. The molecule has 2 rings (SSSR count). The summed E-state index contributed by atoms with van der Waals surface area (Å²) in [5.74, 6) is 0.194. The number of likely N-dealkylation sites (tertiary alicyclic amines) is 1. The van der Waals surface area contributed by atoms with Crippen LogP contribution < -0.4 is 5.32 Å². The number of hydrogen-bond donors (Lipinski definition) is 1. The van der Waals surface area contributed by atoms with Gasteiger partial charge in [0.15, 0.2) is 0 Å². The molecular formula is C20H40N4O2. The van der Waals surface area contributed by atoms with Gasteiger partial charge < -0.3 is 24.8 Å². The molecule has 0 aliphatic carbocycles. The van der Waals surface area contributed by atoms with Crippen molar-refractivity contribution in [1.82, 2.24) is 20.0 Å². The molecule has 0 spiro atoms.